The van der Waals surface area contributed by atoms with E-state index in [0.717, 1.165) is 12.8 Å². The lowest BCUT2D eigenvalue weighted by molar-refractivity contribution is -0.120. The van der Waals surface area contributed by atoms with Gasteiger partial charge < -0.3 is 16.0 Å². The quantitative estimate of drug-likeness (QED) is 0.390. The third-order valence-corrected chi connectivity index (χ3v) is 4.11. The highest BCUT2D eigenvalue weighted by Gasteiger charge is 2.42. The predicted octanol–water partition coefficient (Wildman–Crippen LogP) is 0.345. The zero-order valence-electron chi connectivity index (χ0n) is 8.47. The molecular formula is C9H14IN3O2. The fourth-order valence-corrected chi connectivity index (χ4v) is 2.09. The number of urea groups is 1. The number of alkyl halides is 1. The molecule has 2 rings (SSSR count). The van der Waals surface area contributed by atoms with Gasteiger partial charge in [0.2, 0.25) is 5.91 Å². The molecule has 1 heterocycles. The standard InChI is InChI=1S/C9H14IN3O2/c1-5-4-11-7(14)6(5)12-8(15)13-9(10)2-3-9/h5-6H,2-4H2,1H3,(H,11,14)(H2,12,13,15)/t5-,6+/m1/s1. The molecule has 2 atom stereocenters. The van der Waals surface area contributed by atoms with Crippen molar-refractivity contribution in [2.75, 3.05) is 6.54 Å². The minimum atomic E-state index is -0.385. The summed E-state index contributed by atoms with van der Waals surface area (Å²) in [5.74, 6) is 0.0727. The van der Waals surface area contributed by atoms with Gasteiger partial charge in [-0.05, 0) is 12.8 Å². The third kappa shape index (κ3) is 2.53. The zero-order chi connectivity index (χ0) is 11.1. The lowest BCUT2D eigenvalue weighted by Gasteiger charge is -2.17. The molecule has 0 aromatic carbocycles. The molecule has 3 amide bonds. The Labute approximate surface area is 102 Å². The van der Waals surface area contributed by atoms with Crippen LogP contribution in [0.3, 0.4) is 0 Å². The smallest absolute Gasteiger partial charge is 0.316 e. The SMILES string of the molecule is C[C@@H]1CNC(=O)[C@H]1NC(=O)NC1(I)CC1. The Hall–Kier alpha value is -0.530. The van der Waals surface area contributed by atoms with Crippen molar-refractivity contribution >= 4 is 34.5 Å². The van der Waals surface area contributed by atoms with E-state index in [0.29, 0.717) is 6.54 Å². The van der Waals surface area contributed by atoms with E-state index < -0.39 is 0 Å². The summed E-state index contributed by atoms with van der Waals surface area (Å²) in [6.07, 6.45) is 2.01. The number of nitrogens with one attached hydrogen (secondary N) is 3. The minimum Gasteiger partial charge on any atom is -0.354 e. The summed E-state index contributed by atoms with van der Waals surface area (Å²) in [4.78, 5) is 22.9. The van der Waals surface area contributed by atoms with Gasteiger partial charge in [-0.15, -0.1) is 0 Å². The Morgan fingerprint density at radius 1 is 1.60 bits per heavy atom. The highest BCUT2D eigenvalue weighted by atomic mass is 127. The first-order valence-corrected chi connectivity index (χ1v) is 6.13. The average Bonchev–Trinajstić information content (AvgIpc) is 2.80. The molecule has 15 heavy (non-hydrogen) atoms. The van der Waals surface area contributed by atoms with Crippen molar-refractivity contribution in [2.45, 2.75) is 29.4 Å². The van der Waals surface area contributed by atoms with Crippen LogP contribution in [0.1, 0.15) is 19.8 Å². The molecule has 0 bridgehead atoms. The molecule has 1 saturated carbocycles. The number of rotatable bonds is 2. The van der Waals surface area contributed by atoms with Crippen LogP contribution in [0.25, 0.3) is 0 Å². The molecule has 1 saturated heterocycles. The van der Waals surface area contributed by atoms with E-state index in [1.165, 1.54) is 0 Å². The Balaban J connectivity index is 1.85. The van der Waals surface area contributed by atoms with Crippen molar-refractivity contribution in [3.63, 3.8) is 0 Å². The number of carbonyl (C=O) groups is 2. The summed E-state index contributed by atoms with van der Waals surface area (Å²) in [7, 11) is 0. The molecule has 84 valence electrons. The second kappa shape index (κ2) is 3.80. The van der Waals surface area contributed by atoms with Gasteiger partial charge in [0, 0.05) is 12.5 Å². The molecule has 5 nitrogen and oxygen atoms in total. The van der Waals surface area contributed by atoms with Crippen LogP contribution >= 0.6 is 22.6 Å². The second-order valence-corrected chi connectivity index (χ2v) is 6.33. The van der Waals surface area contributed by atoms with E-state index in [2.05, 4.69) is 38.5 Å². The van der Waals surface area contributed by atoms with Crippen LogP contribution in [0.4, 0.5) is 4.79 Å². The summed E-state index contributed by atoms with van der Waals surface area (Å²) >= 11 is 2.23. The van der Waals surface area contributed by atoms with Crippen LogP contribution in [-0.4, -0.2) is 28.1 Å². The van der Waals surface area contributed by atoms with Crippen molar-refractivity contribution in [1.29, 1.82) is 0 Å². The highest BCUT2D eigenvalue weighted by Crippen LogP contribution is 2.41. The van der Waals surface area contributed by atoms with E-state index in [1.54, 1.807) is 0 Å². The average molecular weight is 323 g/mol. The maximum absolute atomic E-state index is 11.5. The number of amides is 3. The number of halogens is 1. The van der Waals surface area contributed by atoms with Gasteiger partial charge in [-0.25, -0.2) is 4.79 Å². The van der Waals surface area contributed by atoms with Gasteiger partial charge in [-0.2, -0.15) is 0 Å². The molecule has 0 aromatic rings. The van der Waals surface area contributed by atoms with Crippen molar-refractivity contribution in [3.05, 3.63) is 0 Å². The fraction of sp³-hybridized carbons (Fsp3) is 0.778. The fourth-order valence-electron chi connectivity index (χ4n) is 1.57. The summed E-state index contributed by atoms with van der Waals surface area (Å²) < 4.78 is -0.0693. The number of hydrogen-bond acceptors (Lipinski definition) is 2. The van der Waals surface area contributed by atoms with Crippen molar-refractivity contribution in [3.8, 4) is 0 Å². The molecule has 6 heteroatoms. The molecule has 2 fully saturated rings. The van der Waals surface area contributed by atoms with Crippen molar-refractivity contribution in [2.24, 2.45) is 5.92 Å². The Morgan fingerprint density at radius 3 is 2.73 bits per heavy atom. The van der Waals surface area contributed by atoms with E-state index in [-0.39, 0.29) is 27.4 Å². The highest BCUT2D eigenvalue weighted by molar-refractivity contribution is 14.1. The molecule has 1 aliphatic heterocycles. The van der Waals surface area contributed by atoms with Gasteiger partial charge in [-0.3, -0.25) is 4.79 Å². The molecule has 1 aliphatic carbocycles. The number of hydrogen-bond donors (Lipinski definition) is 3. The van der Waals surface area contributed by atoms with Crippen LogP contribution < -0.4 is 16.0 Å². The monoisotopic (exact) mass is 323 g/mol. The first kappa shape index (κ1) is 11.0. The van der Waals surface area contributed by atoms with Gasteiger partial charge in [0.05, 0.1) is 3.55 Å². The first-order chi connectivity index (χ1) is 7.00. The first-order valence-electron chi connectivity index (χ1n) is 5.05. The maximum Gasteiger partial charge on any atom is 0.316 e. The third-order valence-electron chi connectivity index (χ3n) is 2.76. The topological polar surface area (TPSA) is 70.2 Å². The zero-order valence-corrected chi connectivity index (χ0v) is 10.6. The van der Waals surface area contributed by atoms with Gasteiger partial charge in [-0.1, -0.05) is 29.5 Å². The summed E-state index contributed by atoms with van der Waals surface area (Å²) in [5, 5.41) is 8.28. The summed E-state index contributed by atoms with van der Waals surface area (Å²) in [6, 6.07) is -0.625. The van der Waals surface area contributed by atoms with Gasteiger partial charge in [0.1, 0.15) is 6.04 Å². The number of carbonyl (C=O) groups excluding carboxylic acids is 2. The Bertz CT molecular complexity index is 304. The molecule has 0 spiro atoms. The maximum atomic E-state index is 11.5. The van der Waals surface area contributed by atoms with E-state index in [1.807, 2.05) is 6.92 Å². The summed E-state index contributed by atoms with van der Waals surface area (Å²) in [6.45, 7) is 2.58. The van der Waals surface area contributed by atoms with Crippen LogP contribution in [0.2, 0.25) is 0 Å². The normalized spacial score (nSPS) is 32.0. The van der Waals surface area contributed by atoms with E-state index in [4.69, 9.17) is 0 Å². The van der Waals surface area contributed by atoms with Gasteiger partial charge >= 0.3 is 6.03 Å². The van der Waals surface area contributed by atoms with Gasteiger partial charge in [0.25, 0.3) is 0 Å². The van der Waals surface area contributed by atoms with Crippen molar-refractivity contribution < 1.29 is 9.59 Å². The van der Waals surface area contributed by atoms with Gasteiger partial charge in [0.15, 0.2) is 0 Å². The molecule has 0 radical (unpaired) electrons. The van der Waals surface area contributed by atoms with Crippen LogP contribution in [-0.2, 0) is 4.79 Å². The second-order valence-electron chi connectivity index (χ2n) is 4.26. The Morgan fingerprint density at radius 2 is 2.27 bits per heavy atom. The lowest BCUT2D eigenvalue weighted by Crippen LogP contribution is -2.49. The molecule has 2 aliphatic rings. The van der Waals surface area contributed by atoms with E-state index >= 15 is 0 Å². The van der Waals surface area contributed by atoms with Crippen LogP contribution in [0.15, 0.2) is 0 Å². The largest absolute Gasteiger partial charge is 0.354 e. The lowest BCUT2D eigenvalue weighted by atomic mass is 10.1. The Kier molecular flexibility index (Phi) is 2.78. The minimum absolute atomic E-state index is 0.0693. The van der Waals surface area contributed by atoms with Crippen LogP contribution in [0.5, 0.6) is 0 Å². The van der Waals surface area contributed by atoms with E-state index in [9.17, 15) is 9.59 Å². The summed E-state index contributed by atoms with van der Waals surface area (Å²) in [5.41, 5.74) is 0. The van der Waals surface area contributed by atoms with Crippen molar-refractivity contribution in [1.82, 2.24) is 16.0 Å². The van der Waals surface area contributed by atoms with Crippen LogP contribution in [0, 0.1) is 5.92 Å². The molecule has 3 N–H and O–H groups in total. The predicted molar refractivity (Wildman–Crippen MR) is 63.6 cm³/mol. The molecule has 0 unspecified atom stereocenters. The molecule has 0 aromatic heterocycles. The molecular weight excluding hydrogens is 309 g/mol.